The molecular formula is C18H33FO. The first-order valence-electron chi connectivity index (χ1n) is 7.98. The maximum absolute atomic E-state index is 13.0. The minimum atomic E-state index is -0.0631. The summed E-state index contributed by atoms with van der Waals surface area (Å²) in [5, 5.41) is 0. The second-order valence-corrected chi connectivity index (χ2v) is 4.46. The Kier molecular flexibility index (Phi) is 17.3. The molecule has 1 nitrogen and oxygen atoms in total. The molecule has 20 heavy (non-hydrogen) atoms. The van der Waals surface area contributed by atoms with Gasteiger partial charge in [0.2, 0.25) is 0 Å². The monoisotopic (exact) mass is 284 g/mol. The smallest absolute Gasteiger partial charge is 0.126 e. The fraction of sp³-hybridized carbons (Fsp3) is 0.667. The highest BCUT2D eigenvalue weighted by molar-refractivity contribution is 5.23. The van der Waals surface area contributed by atoms with E-state index in [1.807, 2.05) is 32.9 Å². The molecule has 0 N–H and O–H groups in total. The zero-order valence-corrected chi connectivity index (χ0v) is 14.3. The molecule has 0 bridgehead atoms. The van der Waals surface area contributed by atoms with Gasteiger partial charge in [-0.25, -0.2) is 4.39 Å². The first kappa shape index (κ1) is 21.4. The van der Waals surface area contributed by atoms with Crippen molar-refractivity contribution in [3.63, 3.8) is 0 Å². The van der Waals surface area contributed by atoms with Crippen molar-refractivity contribution in [2.75, 3.05) is 13.2 Å². The molecule has 1 aromatic rings. The molecular weight excluding hydrogens is 251 g/mol. The molecule has 0 aromatic heterocycles. The molecule has 0 aliphatic carbocycles. The molecule has 2 heteroatoms. The second-order valence-electron chi connectivity index (χ2n) is 4.46. The van der Waals surface area contributed by atoms with Gasteiger partial charge in [-0.3, -0.25) is 0 Å². The Morgan fingerprint density at radius 1 is 0.950 bits per heavy atom. The van der Waals surface area contributed by atoms with Crippen LogP contribution in [0, 0.1) is 12.7 Å². The average Bonchev–Trinajstić information content (AvgIpc) is 2.46. The summed E-state index contributed by atoms with van der Waals surface area (Å²) in [7, 11) is 0. The summed E-state index contributed by atoms with van der Waals surface area (Å²) in [6.07, 6.45) is 4.12. The summed E-state index contributed by atoms with van der Waals surface area (Å²) in [4.78, 5) is 0. The van der Waals surface area contributed by atoms with Crippen LogP contribution in [0.2, 0.25) is 0 Å². The van der Waals surface area contributed by atoms with Crippen LogP contribution in [0.1, 0.15) is 65.0 Å². The Morgan fingerprint density at radius 2 is 1.50 bits per heavy atom. The fourth-order valence-corrected chi connectivity index (χ4v) is 1.52. The topological polar surface area (TPSA) is 9.23 Å². The minimum Gasteiger partial charge on any atom is -0.381 e. The van der Waals surface area contributed by atoms with Crippen molar-refractivity contribution in [3.05, 3.63) is 35.1 Å². The van der Waals surface area contributed by atoms with Crippen LogP contribution in [0.4, 0.5) is 4.39 Å². The second kappa shape index (κ2) is 16.2. The van der Waals surface area contributed by atoms with E-state index in [-0.39, 0.29) is 5.82 Å². The van der Waals surface area contributed by atoms with Gasteiger partial charge in [0, 0.05) is 13.2 Å². The molecule has 118 valence electrons. The lowest BCUT2D eigenvalue weighted by atomic mass is 10.1. The number of aryl methyl sites for hydroxylation is 2. The van der Waals surface area contributed by atoms with E-state index >= 15 is 0 Å². The number of ether oxygens (including phenoxy) is 1. The number of benzene rings is 1. The molecule has 0 heterocycles. The van der Waals surface area contributed by atoms with Crippen molar-refractivity contribution in [3.8, 4) is 0 Å². The van der Waals surface area contributed by atoms with Gasteiger partial charge in [0.05, 0.1) is 0 Å². The predicted octanol–water partition coefficient (Wildman–Crippen LogP) is 5.94. The predicted molar refractivity (Wildman–Crippen MR) is 87.9 cm³/mol. The molecule has 0 radical (unpaired) electrons. The van der Waals surface area contributed by atoms with E-state index < -0.39 is 0 Å². The highest BCUT2D eigenvalue weighted by Crippen LogP contribution is 2.11. The number of hydrogen-bond donors (Lipinski definition) is 0. The Morgan fingerprint density at radius 3 is 1.90 bits per heavy atom. The summed E-state index contributed by atoms with van der Waals surface area (Å²) < 4.78 is 18.2. The zero-order chi connectivity index (χ0) is 15.8. The summed E-state index contributed by atoms with van der Waals surface area (Å²) in [5.74, 6) is -0.0631. The fourth-order valence-electron chi connectivity index (χ4n) is 1.52. The van der Waals surface area contributed by atoms with Crippen LogP contribution in [0.25, 0.3) is 0 Å². The Hall–Kier alpha value is -0.890. The Labute approximate surface area is 125 Å². The third kappa shape index (κ3) is 12.2. The van der Waals surface area contributed by atoms with Crippen molar-refractivity contribution in [1.29, 1.82) is 0 Å². The van der Waals surface area contributed by atoms with Gasteiger partial charge in [-0.1, -0.05) is 53.2 Å². The van der Waals surface area contributed by atoms with Crippen LogP contribution in [0.3, 0.4) is 0 Å². The lowest BCUT2D eigenvalue weighted by Gasteiger charge is -2.00. The quantitative estimate of drug-likeness (QED) is 0.588. The SMILES string of the molecule is CC.CCCOCCC.CCCc1ccc(C)cc1F. The summed E-state index contributed by atoms with van der Waals surface area (Å²) in [6.45, 7) is 14.0. The van der Waals surface area contributed by atoms with E-state index in [1.165, 1.54) is 0 Å². The van der Waals surface area contributed by atoms with Crippen LogP contribution in [0.15, 0.2) is 18.2 Å². The van der Waals surface area contributed by atoms with Crippen LogP contribution >= 0.6 is 0 Å². The van der Waals surface area contributed by atoms with E-state index in [0.717, 1.165) is 50.0 Å². The van der Waals surface area contributed by atoms with Crippen molar-refractivity contribution < 1.29 is 9.13 Å². The van der Waals surface area contributed by atoms with Gasteiger partial charge in [0.1, 0.15) is 5.82 Å². The first-order chi connectivity index (χ1) is 9.65. The number of halogens is 1. The van der Waals surface area contributed by atoms with Gasteiger partial charge in [0.25, 0.3) is 0 Å². The highest BCUT2D eigenvalue weighted by Gasteiger charge is 1.99. The molecule has 1 aromatic carbocycles. The van der Waals surface area contributed by atoms with Crippen LogP contribution < -0.4 is 0 Å². The first-order valence-corrected chi connectivity index (χ1v) is 7.98. The van der Waals surface area contributed by atoms with Gasteiger partial charge in [-0.15, -0.1) is 0 Å². The maximum Gasteiger partial charge on any atom is 0.126 e. The molecule has 0 spiro atoms. The Bertz CT molecular complexity index is 306. The lowest BCUT2D eigenvalue weighted by molar-refractivity contribution is 0.135. The lowest BCUT2D eigenvalue weighted by Crippen LogP contribution is -1.92. The van der Waals surface area contributed by atoms with Crippen molar-refractivity contribution in [2.24, 2.45) is 0 Å². The largest absolute Gasteiger partial charge is 0.381 e. The van der Waals surface area contributed by atoms with Crippen LogP contribution in [0.5, 0.6) is 0 Å². The highest BCUT2D eigenvalue weighted by atomic mass is 19.1. The molecule has 0 atom stereocenters. The molecule has 0 aliphatic heterocycles. The summed E-state index contributed by atoms with van der Waals surface area (Å²) in [5.41, 5.74) is 1.82. The molecule has 0 fully saturated rings. The molecule has 0 amide bonds. The Balaban J connectivity index is 0. The number of rotatable bonds is 6. The van der Waals surface area contributed by atoms with Crippen LogP contribution in [-0.4, -0.2) is 13.2 Å². The molecule has 0 saturated heterocycles. The summed E-state index contributed by atoms with van der Waals surface area (Å²) >= 11 is 0. The molecule has 0 aliphatic rings. The summed E-state index contributed by atoms with van der Waals surface area (Å²) in [6, 6.07) is 5.41. The zero-order valence-electron chi connectivity index (χ0n) is 14.3. The third-order valence-electron chi connectivity index (χ3n) is 2.42. The average molecular weight is 284 g/mol. The van der Waals surface area contributed by atoms with Crippen molar-refractivity contribution in [1.82, 2.24) is 0 Å². The normalized spacial score (nSPS) is 9.15. The molecule has 0 unspecified atom stereocenters. The third-order valence-corrected chi connectivity index (χ3v) is 2.42. The standard InChI is InChI=1S/C10H13F.C6H14O.C2H6/c1-3-4-9-6-5-8(2)7-10(9)11;1-3-5-7-6-4-2;1-2/h5-7H,3-4H2,1-2H3;3-6H2,1-2H3;1-2H3. The van der Waals surface area contributed by atoms with E-state index in [2.05, 4.69) is 20.8 Å². The van der Waals surface area contributed by atoms with E-state index in [9.17, 15) is 4.39 Å². The van der Waals surface area contributed by atoms with Crippen molar-refractivity contribution in [2.45, 2.75) is 67.2 Å². The van der Waals surface area contributed by atoms with Gasteiger partial charge in [-0.05, 0) is 43.4 Å². The van der Waals surface area contributed by atoms with Gasteiger partial charge in [-0.2, -0.15) is 0 Å². The van der Waals surface area contributed by atoms with E-state index in [0.29, 0.717) is 0 Å². The number of hydrogen-bond acceptors (Lipinski definition) is 1. The minimum absolute atomic E-state index is 0.0631. The van der Waals surface area contributed by atoms with E-state index in [1.54, 1.807) is 6.07 Å². The van der Waals surface area contributed by atoms with Crippen LogP contribution in [-0.2, 0) is 11.2 Å². The van der Waals surface area contributed by atoms with Gasteiger partial charge in [0.15, 0.2) is 0 Å². The van der Waals surface area contributed by atoms with Gasteiger partial charge < -0.3 is 4.74 Å². The molecule has 1 rings (SSSR count). The molecule has 0 saturated carbocycles. The van der Waals surface area contributed by atoms with E-state index in [4.69, 9.17) is 4.74 Å². The van der Waals surface area contributed by atoms with Crippen molar-refractivity contribution >= 4 is 0 Å². The van der Waals surface area contributed by atoms with Gasteiger partial charge >= 0.3 is 0 Å². The maximum atomic E-state index is 13.0.